The van der Waals surface area contributed by atoms with Gasteiger partial charge in [-0.1, -0.05) is 109 Å². The molecule has 2 atom stereocenters. The molecule has 5 aromatic rings. The molecule has 0 fully saturated rings. The van der Waals surface area contributed by atoms with Crippen molar-refractivity contribution < 1.29 is 0 Å². The third-order valence-corrected chi connectivity index (χ3v) is 8.03. The molecular formula is C33H27N3S. The van der Waals surface area contributed by atoms with Crippen LogP contribution < -0.4 is 5.43 Å². The van der Waals surface area contributed by atoms with Crippen LogP contribution >= 0.6 is 11.3 Å². The summed E-state index contributed by atoms with van der Waals surface area (Å²) in [5.41, 5.74) is 9.34. The first-order valence-electron chi connectivity index (χ1n) is 12.5. The van der Waals surface area contributed by atoms with Crippen LogP contribution in [0.2, 0.25) is 0 Å². The normalized spacial score (nSPS) is 17.4. The summed E-state index contributed by atoms with van der Waals surface area (Å²) in [6, 6.07) is 34.2. The molecule has 2 unspecified atom stereocenters. The van der Waals surface area contributed by atoms with Crippen LogP contribution in [0.25, 0.3) is 36.9 Å². The highest BCUT2D eigenvalue weighted by atomic mass is 32.1. The van der Waals surface area contributed by atoms with Gasteiger partial charge >= 0.3 is 0 Å². The number of benzene rings is 4. The smallest absolute Gasteiger partial charge is 0.0741 e. The standard InChI is InChI=1S/C33H27N3S/c1-34-36-30-20-25(18-19-26(30)22-35-21-23-10-4-2-5-11-23)28-15-8-16-29-32-27(24-12-6-3-7-13-24)14-9-17-31(32)37-33(28)29/h2-20,22,26,30,36H,1,21H2/b35-22+. The summed E-state index contributed by atoms with van der Waals surface area (Å²) in [4.78, 5) is 4.71. The van der Waals surface area contributed by atoms with E-state index in [-0.39, 0.29) is 12.0 Å². The number of hydrogen-bond acceptors (Lipinski definition) is 4. The van der Waals surface area contributed by atoms with E-state index < -0.39 is 0 Å². The van der Waals surface area contributed by atoms with Gasteiger partial charge in [-0.3, -0.25) is 4.99 Å². The van der Waals surface area contributed by atoms with Crippen LogP contribution in [0.1, 0.15) is 11.1 Å². The van der Waals surface area contributed by atoms with Crippen LogP contribution in [0.3, 0.4) is 0 Å². The number of thiophene rings is 1. The van der Waals surface area contributed by atoms with Crippen molar-refractivity contribution in [3.8, 4) is 11.1 Å². The number of hydrogen-bond donors (Lipinski definition) is 1. The highest BCUT2D eigenvalue weighted by molar-refractivity contribution is 7.26. The van der Waals surface area contributed by atoms with Crippen molar-refractivity contribution >= 4 is 50.0 Å². The van der Waals surface area contributed by atoms with Gasteiger partial charge in [-0.2, -0.15) is 5.10 Å². The van der Waals surface area contributed by atoms with Crippen LogP contribution in [0.15, 0.2) is 125 Å². The Kier molecular flexibility index (Phi) is 6.49. The first kappa shape index (κ1) is 23.1. The number of nitrogens with zero attached hydrogens (tertiary/aromatic N) is 2. The van der Waals surface area contributed by atoms with Gasteiger partial charge in [0.15, 0.2) is 0 Å². The van der Waals surface area contributed by atoms with E-state index in [1.54, 1.807) is 0 Å². The van der Waals surface area contributed by atoms with Gasteiger partial charge in [0.1, 0.15) is 0 Å². The predicted molar refractivity (Wildman–Crippen MR) is 160 cm³/mol. The summed E-state index contributed by atoms with van der Waals surface area (Å²) in [5, 5.41) is 6.63. The summed E-state index contributed by atoms with van der Waals surface area (Å²) in [6.45, 7) is 4.34. The third kappa shape index (κ3) is 4.64. The molecule has 1 aliphatic rings. The number of fused-ring (bicyclic) bond motifs is 3. The Hall–Kier alpha value is -4.28. The monoisotopic (exact) mass is 497 g/mol. The molecule has 0 amide bonds. The van der Waals surface area contributed by atoms with Gasteiger partial charge in [0.2, 0.25) is 0 Å². The van der Waals surface area contributed by atoms with Crippen molar-refractivity contribution in [2.24, 2.45) is 16.0 Å². The third-order valence-electron chi connectivity index (χ3n) is 6.82. The van der Waals surface area contributed by atoms with Gasteiger partial charge in [0.25, 0.3) is 0 Å². The molecule has 1 aliphatic carbocycles. The molecule has 0 aliphatic heterocycles. The largest absolute Gasteiger partial charge is 0.303 e. The van der Waals surface area contributed by atoms with Crippen molar-refractivity contribution in [2.75, 3.05) is 0 Å². The number of nitrogens with one attached hydrogen (secondary N) is 1. The summed E-state index contributed by atoms with van der Waals surface area (Å²) in [6.07, 6.45) is 8.71. The van der Waals surface area contributed by atoms with Gasteiger partial charge in [0, 0.05) is 39.0 Å². The Morgan fingerprint density at radius 3 is 2.41 bits per heavy atom. The average Bonchev–Trinajstić information content (AvgIpc) is 3.34. The summed E-state index contributed by atoms with van der Waals surface area (Å²) >= 11 is 1.86. The topological polar surface area (TPSA) is 36.8 Å². The minimum absolute atomic E-state index is 0.0125. The fraction of sp³-hybridized carbons (Fsp3) is 0.0909. The SMILES string of the molecule is C=NNC1C=C(c2cccc3c2sc2cccc(-c4ccccc4)c23)C=CC1/C=N/Cc1ccccc1. The van der Waals surface area contributed by atoms with Gasteiger partial charge < -0.3 is 5.43 Å². The molecule has 0 saturated heterocycles. The second kappa shape index (κ2) is 10.4. The van der Waals surface area contributed by atoms with E-state index in [4.69, 9.17) is 4.99 Å². The quantitative estimate of drug-likeness (QED) is 0.179. The molecule has 0 saturated carbocycles. The lowest BCUT2D eigenvalue weighted by Gasteiger charge is -2.23. The maximum absolute atomic E-state index is 4.71. The van der Waals surface area contributed by atoms with Crippen molar-refractivity contribution in [1.29, 1.82) is 0 Å². The number of rotatable bonds is 7. The van der Waals surface area contributed by atoms with Crippen LogP contribution in [0.5, 0.6) is 0 Å². The van der Waals surface area contributed by atoms with E-state index in [0.717, 1.165) is 0 Å². The van der Waals surface area contributed by atoms with Gasteiger partial charge in [0.05, 0.1) is 12.6 Å². The lowest BCUT2D eigenvalue weighted by atomic mass is 9.89. The molecule has 4 aromatic carbocycles. The van der Waals surface area contributed by atoms with E-state index in [9.17, 15) is 0 Å². The number of aliphatic imine (C=N–C) groups is 1. The van der Waals surface area contributed by atoms with Crippen LogP contribution in [-0.2, 0) is 6.54 Å². The van der Waals surface area contributed by atoms with Gasteiger partial charge in [-0.15, -0.1) is 11.3 Å². The minimum Gasteiger partial charge on any atom is -0.303 e. The van der Waals surface area contributed by atoms with Crippen molar-refractivity contribution in [2.45, 2.75) is 12.6 Å². The average molecular weight is 498 g/mol. The number of allylic oxidation sites excluding steroid dienone is 2. The zero-order valence-corrected chi connectivity index (χ0v) is 21.2. The van der Waals surface area contributed by atoms with E-state index in [1.165, 1.54) is 48.0 Å². The zero-order valence-electron chi connectivity index (χ0n) is 20.4. The summed E-state index contributed by atoms with van der Waals surface area (Å²) in [7, 11) is 0. The van der Waals surface area contributed by atoms with E-state index >= 15 is 0 Å². The second-order valence-electron chi connectivity index (χ2n) is 9.18. The van der Waals surface area contributed by atoms with Crippen molar-refractivity contribution in [3.05, 3.63) is 126 Å². The number of hydrazone groups is 1. The summed E-state index contributed by atoms with van der Waals surface area (Å²) in [5.74, 6) is 0.101. The zero-order chi connectivity index (χ0) is 25.0. The van der Waals surface area contributed by atoms with Crippen LogP contribution in [0, 0.1) is 5.92 Å². The van der Waals surface area contributed by atoms with Gasteiger partial charge in [-0.25, -0.2) is 0 Å². The maximum Gasteiger partial charge on any atom is 0.0741 e. The molecule has 6 rings (SSSR count). The first-order valence-corrected chi connectivity index (χ1v) is 13.3. The Morgan fingerprint density at radius 1 is 0.838 bits per heavy atom. The van der Waals surface area contributed by atoms with Crippen LogP contribution in [-0.4, -0.2) is 19.0 Å². The van der Waals surface area contributed by atoms with Gasteiger partial charge in [-0.05, 0) is 33.9 Å². The Labute approximate surface area is 221 Å². The molecule has 0 bridgehead atoms. The van der Waals surface area contributed by atoms with E-state index in [2.05, 4.69) is 114 Å². The molecular weight excluding hydrogens is 470 g/mol. The molecule has 4 heteroatoms. The van der Waals surface area contributed by atoms with Crippen molar-refractivity contribution in [1.82, 2.24) is 5.43 Å². The fourth-order valence-electron chi connectivity index (χ4n) is 5.04. The highest BCUT2D eigenvalue weighted by Gasteiger charge is 2.21. The molecule has 37 heavy (non-hydrogen) atoms. The molecule has 0 radical (unpaired) electrons. The molecule has 1 N–H and O–H groups in total. The second-order valence-corrected chi connectivity index (χ2v) is 10.2. The molecule has 1 aromatic heterocycles. The van der Waals surface area contributed by atoms with E-state index in [0.29, 0.717) is 6.54 Å². The Bertz CT molecular complexity index is 1650. The Balaban J connectivity index is 1.36. The summed E-state index contributed by atoms with van der Waals surface area (Å²) < 4.78 is 2.61. The van der Waals surface area contributed by atoms with Crippen LogP contribution in [0.4, 0.5) is 0 Å². The molecule has 0 spiro atoms. The maximum atomic E-state index is 4.71. The lowest BCUT2D eigenvalue weighted by Crippen LogP contribution is -2.32. The predicted octanol–water partition coefficient (Wildman–Crippen LogP) is 8.14. The van der Waals surface area contributed by atoms with E-state index in [1.807, 2.05) is 35.8 Å². The highest BCUT2D eigenvalue weighted by Crippen LogP contribution is 2.43. The fourth-order valence-corrected chi connectivity index (χ4v) is 6.31. The molecule has 3 nitrogen and oxygen atoms in total. The molecule has 1 heterocycles. The molecule has 180 valence electrons. The Morgan fingerprint density at radius 2 is 1.59 bits per heavy atom. The first-order chi connectivity index (χ1) is 18.3. The van der Waals surface area contributed by atoms with Crippen molar-refractivity contribution in [3.63, 3.8) is 0 Å². The lowest BCUT2D eigenvalue weighted by molar-refractivity contribution is 0.577. The minimum atomic E-state index is -0.0125.